The summed E-state index contributed by atoms with van der Waals surface area (Å²) < 4.78 is 34.0. The molecule has 1 aliphatic carbocycles. The molecule has 19 heavy (non-hydrogen) atoms. The zero-order valence-corrected chi connectivity index (χ0v) is 12.3. The maximum Gasteiger partial charge on any atom is 0.114 e. The van der Waals surface area contributed by atoms with E-state index in [-0.39, 0.29) is 0 Å². The average Bonchev–Trinajstić information content (AvgIpc) is 2.53. The lowest BCUT2D eigenvalue weighted by molar-refractivity contribution is -2.00. The lowest BCUT2D eigenvalue weighted by Gasteiger charge is -2.17. The van der Waals surface area contributed by atoms with Gasteiger partial charge in [-0.25, -0.2) is 23.6 Å². The highest BCUT2D eigenvalue weighted by Gasteiger charge is 2.26. The van der Waals surface area contributed by atoms with Crippen LogP contribution in [0, 0.1) is 16.2 Å². The number of quaternary nitrogens is 1. The van der Waals surface area contributed by atoms with Gasteiger partial charge in [0.05, 0.1) is 13.6 Å². The number of nitrogens with zero attached hydrogens (tertiary/aromatic N) is 1. The molecule has 1 N–H and O–H groups in total. The summed E-state index contributed by atoms with van der Waals surface area (Å²) >= 11 is 0. The largest absolute Gasteiger partial charge is 0.231 e. The van der Waals surface area contributed by atoms with E-state index in [0.29, 0.717) is 0 Å². The Bertz CT molecular complexity index is 293. The van der Waals surface area contributed by atoms with Gasteiger partial charge in [0.1, 0.15) is 6.20 Å². The first-order chi connectivity index (χ1) is 8.77. The third-order valence-corrected chi connectivity index (χ3v) is 3.80. The quantitative estimate of drug-likeness (QED) is 0.505. The van der Waals surface area contributed by atoms with E-state index in [2.05, 4.69) is 25.3 Å². The molecule has 2 rings (SSSR count). The fourth-order valence-electron chi connectivity index (χ4n) is 2.72. The molecule has 0 aromatic carbocycles. The van der Waals surface area contributed by atoms with E-state index in [9.17, 15) is 0 Å². The summed E-state index contributed by atoms with van der Waals surface area (Å²) in [5.74, 6) is 0.900. The summed E-state index contributed by atoms with van der Waals surface area (Å²) in [6.45, 7) is 1.19. The Morgan fingerprint density at radius 2 is 1.58 bits per heavy atom. The van der Waals surface area contributed by atoms with Crippen LogP contribution in [-0.4, -0.2) is 25.6 Å². The summed E-state index contributed by atoms with van der Waals surface area (Å²) in [5, 5.41) is 3.82. The van der Waals surface area contributed by atoms with Gasteiger partial charge in [0, 0.05) is 12.6 Å². The maximum absolute atomic E-state index is 8.49. The fourth-order valence-corrected chi connectivity index (χ4v) is 2.72. The highest BCUT2D eigenvalue weighted by Crippen LogP contribution is 2.29. The van der Waals surface area contributed by atoms with Gasteiger partial charge in [0.25, 0.3) is 0 Å². The smallest absolute Gasteiger partial charge is 0.114 e. The normalized spacial score (nSPS) is 26.4. The number of nitrogens with one attached hydrogen (secondary N) is 1. The molecule has 1 unspecified atom stereocenters. The second-order valence-electron chi connectivity index (χ2n) is 5.28. The highest BCUT2D eigenvalue weighted by molar-refractivity contribution is 5.07. The van der Waals surface area contributed by atoms with Crippen LogP contribution in [0.3, 0.4) is 0 Å². The molecule has 6 nitrogen and oxygen atoms in total. The molecule has 0 bridgehead atoms. The first-order valence-electron chi connectivity index (χ1n) is 6.64. The van der Waals surface area contributed by atoms with Gasteiger partial charge in [-0.3, -0.25) is 0 Å². The van der Waals surface area contributed by atoms with Gasteiger partial charge in [-0.05, 0) is 18.8 Å². The van der Waals surface area contributed by atoms with Crippen molar-refractivity contribution in [1.82, 2.24) is 5.01 Å². The van der Waals surface area contributed by atoms with Gasteiger partial charge < -0.3 is 0 Å². The molecule has 0 radical (unpaired) electrons. The van der Waals surface area contributed by atoms with Crippen LogP contribution in [0.1, 0.15) is 38.5 Å². The molecule has 7 heteroatoms. The van der Waals surface area contributed by atoms with E-state index in [4.69, 9.17) is 18.6 Å². The van der Waals surface area contributed by atoms with Crippen molar-refractivity contribution >= 4 is 0 Å². The molecule has 1 atom stereocenters. The monoisotopic (exact) mass is 294 g/mol. The van der Waals surface area contributed by atoms with Crippen LogP contribution >= 0.6 is 0 Å². The number of likely N-dealkylation sites (N-methyl/N-ethyl adjacent to an activating group) is 1. The van der Waals surface area contributed by atoms with E-state index >= 15 is 0 Å². The molecule has 0 aromatic rings. The summed E-state index contributed by atoms with van der Waals surface area (Å²) in [6.07, 6.45) is 11.1. The first-order valence-corrected chi connectivity index (χ1v) is 7.87. The molecule has 1 saturated carbocycles. The Balaban J connectivity index is 0.000000312. The second kappa shape index (κ2) is 7.54. The molecule has 1 aliphatic heterocycles. The van der Waals surface area contributed by atoms with Crippen LogP contribution in [0.2, 0.25) is 0 Å². The molecule has 1 heterocycles. The minimum atomic E-state index is -4.94. The predicted molar refractivity (Wildman–Crippen MR) is 58.8 cm³/mol. The van der Waals surface area contributed by atoms with Crippen LogP contribution in [-0.2, 0) is 0 Å². The lowest BCUT2D eigenvalue weighted by atomic mass is 9.92. The molecule has 0 spiro atoms. The van der Waals surface area contributed by atoms with Gasteiger partial charge in [-0.15, -0.1) is 10.2 Å². The number of halogens is 1. The molecule has 0 aromatic heterocycles. The predicted octanol–water partition coefficient (Wildman–Crippen LogP) is -3.54. The minimum Gasteiger partial charge on any atom is -0.231 e. The van der Waals surface area contributed by atoms with Crippen LogP contribution in [0.15, 0.2) is 11.8 Å². The summed E-state index contributed by atoms with van der Waals surface area (Å²) in [5.41, 5.74) is 1.70. The Morgan fingerprint density at radius 1 is 1.11 bits per heavy atom. The number of rotatable bonds is 1. The number of hydrogen-bond acceptors (Lipinski definition) is 5. The average molecular weight is 295 g/mol. The Labute approximate surface area is 116 Å². The van der Waals surface area contributed by atoms with Gasteiger partial charge in [0.2, 0.25) is 0 Å². The molecule has 1 fully saturated rings. The van der Waals surface area contributed by atoms with Crippen molar-refractivity contribution in [2.75, 3.05) is 20.6 Å². The van der Waals surface area contributed by atoms with Crippen molar-refractivity contribution in [2.24, 2.45) is 5.92 Å². The Morgan fingerprint density at radius 3 is 1.95 bits per heavy atom. The van der Waals surface area contributed by atoms with Gasteiger partial charge in [0.15, 0.2) is 0 Å². The maximum atomic E-state index is 8.49. The van der Waals surface area contributed by atoms with Crippen molar-refractivity contribution in [3.05, 3.63) is 11.8 Å². The van der Waals surface area contributed by atoms with Crippen molar-refractivity contribution < 1.29 is 33.9 Å². The fraction of sp³-hybridized carbons (Fsp3) is 0.833. The zero-order valence-electron chi connectivity index (χ0n) is 11.6. The second-order valence-corrected chi connectivity index (χ2v) is 6.04. The van der Waals surface area contributed by atoms with Crippen molar-refractivity contribution in [1.29, 1.82) is 0 Å². The molecular weight excluding hydrogens is 272 g/mol. The van der Waals surface area contributed by atoms with Crippen molar-refractivity contribution in [3.63, 3.8) is 0 Å². The SMILES string of the molecule is CN1CC(C2CCCCCC2)=C[NH+]1C.[O-][Cl+3]([O-])([O-])[O-]. The van der Waals surface area contributed by atoms with E-state index < -0.39 is 10.2 Å². The first kappa shape index (κ1) is 16.8. The molecular formula is C12H23ClN2O4. The standard InChI is InChI=1S/C12H22N2.ClHO4/c1-13-9-12(10-14(13)2)11-7-5-3-4-6-8-11;2-1(3,4)5/h9,11H,3-8,10H2,1-2H3;(H,2,3,4,5). The molecule has 112 valence electrons. The molecule has 0 amide bonds. The van der Waals surface area contributed by atoms with Crippen molar-refractivity contribution in [2.45, 2.75) is 38.5 Å². The Hall–Kier alpha value is -0.210. The number of hydrogen-bond donors (Lipinski definition) is 1. The van der Waals surface area contributed by atoms with Crippen molar-refractivity contribution in [3.8, 4) is 0 Å². The molecule has 0 saturated heterocycles. The topological polar surface area (TPSA) is 99.9 Å². The zero-order chi connectivity index (χ0) is 14.5. The Kier molecular flexibility index (Phi) is 6.68. The lowest BCUT2D eigenvalue weighted by Crippen LogP contribution is -3.09. The third-order valence-electron chi connectivity index (χ3n) is 3.80. The van der Waals surface area contributed by atoms with E-state index in [1.165, 1.54) is 50.1 Å². The van der Waals surface area contributed by atoms with E-state index in [1.807, 2.05) is 0 Å². The summed E-state index contributed by atoms with van der Waals surface area (Å²) in [6, 6.07) is 0. The van der Waals surface area contributed by atoms with E-state index in [0.717, 1.165) is 5.92 Å². The third kappa shape index (κ3) is 7.22. The van der Waals surface area contributed by atoms with E-state index in [1.54, 1.807) is 5.57 Å². The van der Waals surface area contributed by atoms with Crippen LogP contribution in [0.5, 0.6) is 0 Å². The van der Waals surface area contributed by atoms with Gasteiger partial charge in [-0.2, -0.15) is 5.01 Å². The summed E-state index contributed by atoms with van der Waals surface area (Å²) in [4.78, 5) is 0. The van der Waals surface area contributed by atoms with Crippen LogP contribution < -0.4 is 23.6 Å². The van der Waals surface area contributed by atoms with Gasteiger partial charge >= 0.3 is 0 Å². The van der Waals surface area contributed by atoms with Crippen LogP contribution in [0.25, 0.3) is 0 Å². The summed E-state index contributed by atoms with van der Waals surface area (Å²) in [7, 11) is -0.515. The minimum absolute atomic E-state index is 0.900. The van der Waals surface area contributed by atoms with Crippen LogP contribution in [0.4, 0.5) is 0 Å². The highest BCUT2D eigenvalue weighted by atomic mass is 35.7. The van der Waals surface area contributed by atoms with Gasteiger partial charge in [-0.1, -0.05) is 25.7 Å². The molecule has 2 aliphatic rings.